The normalized spacial score (nSPS) is 16.5. The Morgan fingerprint density at radius 1 is 0.730 bits per heavy atom. The third kappa shape index (κ3) is 5.16. The first-order chi connectivity index (χ1) is 18.2. The fourth-order valence-corrected chi connectivity index (χ4v) is 5.06. The monoisotopic (exact) mass is 500 g/mol. The number of nitrogens with one attached hydrogen (secondary N) is 1. The van der Waals surface area contributed by atoms with Crippen LogP contribution < -0.4 is 5.43 Å². The van der Waals surface area contributed by atoms with Gasteiger partial charge < -0.3 is 0 Å². The van der Waals surface area contributed by atoms with Gasteiger partial charge in [-0.2, -0.15) is 5.10 Å². The van der Waals surface area contributed by atoms with Crippen molar-refractivity contribution in [2.24, 2.45) is 5.10 Å². The van der Waals surface area contributed by atoms with Crippen LogP contribution >= 0.6 is 11.6 Å². The second-order valence-corrected chi connectivity index (χ2v) is 9.63. The fourth-order valence-electron chi connectivity index (χ4n) is 4.89. The minimum Gasteiger partial charge on any atom is -0.245 e. The van der Waals surface area contributed by atoms with E-state index in [0.717, 1.165) is 40.7 Å². The highest BCUT2D eigenvalue weighted by Crippen LogP contribution is 2.36. The van der Waals surface area contributed by atoms with Crippen LogP contribution in [0.25, 0.3) is 27.7 Å². The Morgan fingerprint density at radius 2 is 1.41 bits per heavy atom. The number of halogens is 1. The van der Waals surface area contributed by atoms with Crippen LogP contribution in [-0.4, -0.2) is 15.7 Å². The van der Waals surface area contributed by atoms with Crippen LogP contribution in [0.3, 0.4) is 0 Å². The molecule has 4 nitrogen and oxygen atoms in total. The first-order valence-corrected chi connectivity index (χ1v) is 12.8. The molecule has 1 N–H and O–H groups in total. The number of anilines is 1. The molecule has 0 unspecified atom stereocenters. The van der Waals surface area contributed by atoms with Crippen LogP contribution in [0.15, 0.2) is 120 Å². The molecule has 180 valence electrons. The average molecular weight is 501 g/mol. The first kappa shape index (κ1) is 23.1. The second-order valence-electron chi connectivity index (χ2n) is 9.19. The van der Waals surface area contributed by atoms with Crippen molar-refractivity contribution >= 4 is 39.7 Å². The molecule has 0 saturated carbocycles. The number of benzene rings is 4. The zero-order valence-electron chi connectivity index (χ0n) is 20.2. The van der Waals surface area contributed by atoms with Crippen molar-refractivity contribution < 1.29 is 0 Å². The van der Waals surface area contributed by atoms with Crippen molar-refractivity contribution in [1.82, 2.24) is 9.97 Å². The minimum absolute atomic E-state index is 0.349. The van der Waals surface area contributed by atoms with Gasteiger partial charge in [0.25, 0.3) is 0 Å². The number of hydrogen-bond donors (Lipinski definition) is 1. The van der Waals surface area contributed by atoms with E-state index in [1.165, 1.54) is 16.7 Å². The Kier molecular flexibility index (Phi) is 6.49. The van der Waals surface area contributed by atoms with Gasteiger partial charge in [-0.15, -0.1) is 0 Å². The molecule has 1 aromatic heterocycles. The molecule has 0 aliphatic heterocycles. The lowest BCUT2D eigenvalue weighted by Crippen LogP contribution is -2.14. The third-order valence-corrected chi connectivity index (χ3v) is 6.92. The molecule has 5 heteroatoms. The number of hydrazone groups is 1. The lowest BCUT2D eigenvalue weighted by Gasteiger charge is -2.24. The highest BCUT2D eigenvalue weighted by molar-refractivity contribution is 6.31. The molecular formula is C32H25ClN4. The molecule has 5 aromatic rings. The number of aromatic nitrogens is 2. The molecule has 6 rings (SSSR count). The molecule has 4 aromatic carbocycles. The summed E-state index contributed by atoms with van der Waals surface area (Å²) in [6.45, 7) is 0. The molecule has 1 atom stereocenters. The summed E-state index contributed by atoms with van der Waals surface area (Å²) in [4.78, 5) is 9.58. The van der Waals surface area contributed by atoms with Crippen LogP contribution in [-0.2, 0) is 0 Å². The summed E-state index contributed by atoms with van der Waals surface area (Å²) in [5.74, 6) is 0.805. The quantitative estimate of drug-likeness (QED) is 0.246. The largest absolute Gasteiger partial charge is 0.245 e. The maximum atomic E-state index is 6.31. The van der Waals surface area contributed by atoms with Crippen molar-refractivity contribution in [3.8, 4) is 11.3 Å². The summed E-state index contributed by atoms with van der Waals surface area (Å²) in [6, 6.07) is 37.0. The smallest absolute Gasteiger partial charge is 0.244 e. The highest BCUT2D eigenvalue weighted by Gasteiger charge is 2.22. The van der Waals surface area contributed by atoms with Gasteiger partial charge in [0.1, 0.15) is 0 Å². The minimum atomic E-state index is 0.349. The van der Waals surface area contributed by atoms with E-state index in [0.29, 0.717) is 16.9 Å². The van der Waals surface area contributed by atoms with Gasteiger partial charge in [-0.3, -0.25) is 0 Å². The van der Waals surface area contributed by atoms with Crippen LogP contribution in [0.2, 0.25) is 5.02 Å². The number of allylic oxidation sites excluding steroid dienone is 2. The van der Waals surface area contributed by atoms with E-state index in [1.54, 1.807) is 0 Å². The maximum Gasteiger partial charge on any atom is 0.244 e. The third-order valence-electron chi connectivity index (χ3n) is 6.68. The Hall–Kier alpha value is -4.28. The van der Waals surface area contributed by atoms with Gasteiger partial charge in [0.15, 0.2) is 0 Å². The SMILES string of the molecule is Clc1ccc2nc(N/N=C3/C=C(c4ccccc4)C[C@H](c4ccccc4)C3)nc(-c3ccccc3)c2c1. The number of nitrogens with zero attached hydrogens (tertiary/aromatic N) is 3. The van der Waals surface area contributed by atoms with Gasteiger partial charge in [0.05, 0.1) is 16.9 Å². The van der Waals surface area contributed by atoms with E-state index in [2.05, 4.69) is 66.1 Å². The van der Waals surface area contributed by atoms with Gasteiger partial charge in [-0.1, -0.05) is 103 Å². The number of hydrogen-bond acceptors (Lipinski definition) is 4. The fraction of sp³-hybridized carbons (Fsp3) is 0.0938. The van der Waals surface area contributed by atoms with Gasteiger partial charge in [-0.05, 0) is 59.7 Å². The molecule has 0 fully saturated rings. The van der Waals surface area contributed by atoms with Crippen LogP contribution in [0.1, 0.15) is 29.9 Å². The zero-order chi connectivity index (χ0) is 25.0. The summed E-state index contributed by atoms with van der Waals surface area (Å²) >= 11 is 6.31. The summed E-state index contributed by atoms with van der Waals surface area (Å²) < 4.78 is 0. The van der Waals surface area contributed by atoms with Gasteiger partial charge in [-0.25, -0.2) is 15.4 Å². The van der Waals surface area contributed by atoms with Crippen LogP contribution in [0, 0.1) is 0 Å². The maximum absolute atomic E-state index is 6.31. The molecular weight excluding hydrogens is 476 g/mol. The van der Waals surface area contributed by atoms with Gasteiger partial charge >= 0.3 is 0 Å². The summed E-state index contributed by atoms with van der Waals surface area (Å²) in [5, 5.41) is 6.37. The molecule has 0 amide bonds. The van der Waals surface area contributed by atoms with Crippen molar-refractivity contribution in [2.75, 3.05) is 5.43 Å². The molecule has 0 radical (unpaired) electrons. The first-order valence-electron chi connectivity index (χ1n) is 12.4. The summed E-state index contributed by atoms with van der Waals surface area (Å²) in [6.07, 6.45) is 4.00. The van der Waals surface area contributed by atoms with Gasteiger partial charge in [0.2, 0.25) is 5.95 Å². The van der Waals surface area contributed by atoms with Crippen molar-refractivity contribution in [2.45, 2.75) is 18.8 Å². The lowest BCUT2D eigenvalue weighted by atomic mass is 9.81. The predicted octanol–water partition coefficient (Wildman–Crippen LogP) is 8.38. The topological polar surface area (TPSA) is 50.2 Å². The average Bonchev–Trinajstić information content (AvgIpc) is 2.97. The number of fused-ring (bicyclic) bond motifs is 1. The van der Waals surface area contributed by atoms with Crippen molar-refractivity contribution in [3.05, 3.63) is 131 Å². The Balaban J connectivity index is 1.38. The summed E-state index contributed by atoms with van der Waals surface area (Å²) in [7, 11) is 0. The molecule has 0 saturated heterocycles. The Bertz CT molecular complexity index is 1600. The van der Waals surface area contributed by atoms with E-state index in [1.807, 2.05) is 54.6 Å². The molecule has 1 aliphatic carbocycles. The zero-order valence-corrected chi connectivity index (χ0v) is 20.9. The van der Waals surface area contributed by atoms with Crippen molar-refractivity contribution in [1.29, 1.82) is 0 Å². The molecule has 37 heavy (non-hydrogen) atoms. The predicted molar refractivity (Wildman–Crippen MR) is 154 cm³/mol. The highest BCUT2D eigenvalue weighted by atomic mass is 35.5. The Labute approximate surface area is 221 Å². The summed E-state index contributed by atoms with van der Waals surface area (Å²) in [5.41, 5.74) is 10.6. The van der Waals surface area contributed by atoms with E-state index in [4.69, 9.17) is 26.7 Å². The van der Waals surface area contributed by atoms with E-state index < -0.39 is 0 Å². The second kappa shape index (κ2) is 10.4. The van der Waals surface area contributed by atoms with Crippen LogP contribution in [0.5, 0.6) is 0 Å². The van der Waals surface area contributed by atoms with Gasteiger partial charge in [0, 0.05) is 16.0 Å². The Morgan fingerprint density at radius 3 is 2.14 bits per heavy atom. The van der Waals surface area contributed by atoms with E-state index in [-0.39, 0.29) is 0 Å². The van der Waals surface area contributed by atoms with Crippen LogP contribution in [0.4, 0.5) is 5.95 Å². The molecule has 1 heterocycles. The molecule has 0 bridgehead atoms. The van der Waals surface area contributed by atoms with E-state index in [9.17, 15) is 0 Å². The molecule has 1 aliphatic rings. The van der Waals surface area contributed by atoms with Crippen molar-refractivity contribution in [3.63, 3.8) is 0 Å². The molecule has 0 spiro atoms. The standard InChI is InChI=1S/C32H25ClN4/c33-27-16-17-30-29(21-27)31(24-14-8-3-9-15-24)35-32(34-30)37-36-28-19-25(22-10-4-1-5-11-22)18-26(20-28)23-12-6-2-7-13-23/h1-17,19,21,26H,18,20H2,(H,34,35,37)/b36-28-/t26-/m0/s1. The number of rotatable bonds is 5. The lowest BCUT2D eigenvalue weighted by molar-refractivity contribution is 0.731. The van der Waals surface area contributed by atoms with E-state index >= 15 is 0 Å².